The van der Waals surface area contributed by atoms with Gasteiger partial charge in [-0.2, -0.15) is 4.98 Å². The highest BCUT2D eigenvalue weighted by molar-refractivity contribution is 5.76. The molecule has 1 saturated carbocycles. The summed E-state index contributed by atoms with van der Waals surface area (Å²) in [5.74, 6) is 3.37. The summed E-state index contributed by atoms with van der Waals surface area (Å²) in [5, 5.41) is 6.94. The normalized spacial score (nSPS) is 16.2. The van der Waals surface area contributed by atoms with Crippen molar-refractivity contribution in [2.75, 3.05) is 13.3 Å². The number of carbonyl (C=O) groups excluding carboxylic acids is 1. The molecule has 1 aromatic heterocycles. The molecular weight excluding hydrogens is 334 g/mol. The number of rotatable bonds is 7. The largest absolute Gasteiger partial charge is 0.454 e. The van der Waals surface area contributed by atoms with Gasteiger partial charge in [-0.15, -0.1) is 0 Å². The number of aryl methyl sites for hydroxylation is 1. The maximum atomic E-state index is 12.0. The van der Waals surface area contributed by atoms with E-state index < -0.39 is 0 Å². The van der Waals surface area contributed by atoms with Crippen molar-refractivity contribution in [3.63, 3.8) is 0 Å². The number of aromatic nitrogens is 2. The molecule has 2 heterocycles. The predicted molar refractivity (Wildman–Crippen MR) is 93.1 cm³/mol. The molecule has 1 aromatic carbocycles. The molecule has 2 aliphatic rings. The number of carbonyl (C=O) groups is 1. The molecule has 1 N–H and O–H groups in total. The number of amides is 1. The zero-order valence-corrected chi connectivity index (χ0v) is 14.7. The van der Waals surface area contributed by atoms with E-state index in [-0.39, 0.29) is 12.7 Å². The molecule has 1 aliphatic heterocycles. The third-order valence-corrected chi connectivity index (χ3v) is 4.94. The Morgan fingerprint density at radius 3 is 2.88 bits per heavy atom. The highest BCUT2D eigenvalue weighted by Crippen LogP contribution is 2.33. The Hall–Kier alpha value is -2.57. The first-order chi connectivity index (χ1) is 12.8. The second kappa shape index (κ2) is 7.76. The maximum absolute atomic E-state index is 12.0. The van der Waals surface area contributed by atoms with Gasteiger partial charge in [-0.05, 0) is 37.0 Å². The SMILES string of the molecule is O=C(CCc1ccc2c(c1)OCO2)NCCc1noc(C2CCCC2)n1. The quantitative estimate of drug-likeness (QED) is 0.820. The molecule has 0 spiro atoms. The predicted octanol–water partition coefficient (Wildman–Crippen LogP) is 2.75. The van der Waals surface area contributed by atoms with Crippen molar-refractivity contribution in [2.24, 2.45) is 0 Å². The number of fused-ring (bicyclic) bond motifs is 1. The van der Waals surface area contributed by atoms with Crippen LogP contribution in [0.5, 0.6) is 11.5 Å². The summed E-state index contributed by atoms with van der Waals surface area (Å²) in [6.45, 7) is 0.779. The fraction of sp³-hybridized carbons (Fsp3) is 0.526. The molecule has 1 amide bonds. The van der Waals surface area contributed by atoms with Crippen molar-refractivity contribution in [2.45, 2.75) is 50.9 Å². The number of hydrogen-bond acceptors (Lipinski definition) is 6. The maximum Gasteiger partial charge on any atom is 0.231 e. The Bertz CT molecular complexity index is 768. The van der Waals surface area contributed by atoms with Crippen LogP contribution in [0.25, 0.3) is 0 Å². The lowest BCUT2D eigenvalue weighted by Crippen LogP contribution is -2.26. The molecule has 1 aliphatic carbocycles. The van der Waals surface area contributed by atoms with Crippen LogP contribution in [0.1, 0.15) is 55.3 Å². The number of benzene rings is 1. The van der Waals surface area contributed by atoms with Crippen LogP contribution < -0.4 is 14.8 Å². The van der Waals surface area contributed by atoms with Crippen LogP contribution in [0.3, 0.4) is 0 Å². The van der Waals surface area contributed by atoms with Crippen molar-refractivity contribution in [3.05, 3.63) is 35.5 Å². The average Bonchev–Trinajstić information content (AvgIpc) is 3.39. The van der Waals surface area contributed by atoms with E-state index in [2.05, 4.69) is 15.5 Å². The molecule has 0 atom stereocenters. The molecule has 7 heteroatoms. The van der Waals surface area contributed by atoms with E-state index in [9.17, 15) is 4.79 Å². The Balaban J connectivity index is 1.18. The lowest BCUT2D eigenvalue weighted by molar-refractivity contribution is -0.121. The first kappa shape index (κ1) is 16.9. The van der Waals surface area contributed by atoms with Gasteiger partial charge in [0.1, 0.15) is 0 Å². The highest BCUT2D eigenvalue weighted by atomic mass is 16.7. The van der Waals surface area contributed by atoms with Crippen molar-refractivity contribution in [1.82, 2.24) is 15.5 Å². The van der Waals surface area contributed by atoms with E-state index in [4.69, 9.17) is 14.0 Å². The first-order valence-electron chi connectivity index (χ1n) is 9.25. The monoisotopic (exact) mass is 357 g/mol. The molecule has 0 bridgehead atoms. The molecule has 0 unspecified atom stereocenters. The molecule has 4 rings (SSSR count). The van der Waals surface area contributed by atoms with E-state index in [0.717, 1.165) is 35.8 Å². The second-order valence-corrected chi connectivity index (χ2v) is 6.82. The van der Waals surface area contributed by atoms with Gasteiger partial charge in [0.2, 0.25) is 18.6 Å². The van der Waals surface area contributed by atoms with Crippen LogP contribution in [-0.2, 0) is 17.6 Å². The molecule has 7 nitrogen and oxygen atoms in total. The van der Waals surface area contributed by atoms with Crippen molar-refractivity contribution >= 4 is 5.91 Å². The molecule has 0 saturated heterocycles. The summed E-state index contributed by atoms with van der Waals surface area (Å²) in [7, 11) is 0. The Morgan fingerprint density at radius 2 is 2.00 bits per heavy atom. The van der Waals surface area contributed by atoms with E-state index >= 15 is 0 Å². The minimum absolute atomic E-state index is 0.0159. The fourth-order valence-corrected chi connectivity index (χ4v) is 3.46. The molecule has 1 fully saturated rings. The van der Waals surface area contributed by atoms with Crippen LogP contribution in [0.2, 0.25) is 0 Å². The van der Waals surface area contributed by atoms with Gasteiger partial charge < -0.3 is 19.3 Å². The molecule has 138 valence electrons. The standard InChI is InChI=1S/C19H23N3O4/c23-18(8-6-13-5-7-15-16(11-13)25-12-24-15)20-10-9-17-21-19(26-22-17)14-3-1-2-4-14/h5,7,11,14H,1-4,6,8-10,12H2,(H,20,23). The van der Waals surface area contributed by atoms with Gasteiger partial charge in [-0.3, -0.25) is 4.79 Å². The zero-order chi connectivity index (χ0) is 17.8. The number of hydrogen-bond donors (Lipinski definition) is 1. The van der Waals surface area contributed by atoms with Crippen LogP contribution in [-0.4, -0.2) is 29.4 Å². The van der Waals surface area contributed by atoms with E-state index in [1.807, 2.05) is 18.2 Å². The Labute approximate surface area is 152 Å². The molecular formula is C19H23N3O4. The van der Waals surface area contributed by atoms with Crippen molar-refractivity contribution in [3.8, 4) is 11.5 Å². The van der Waals surface area contributed by atoms with Gasteiger partial charge in [0, 0.05) is 25.3 Å². The van der Waals surface area contributed by atoms with E-state index in [1.165, 1.54) is 12.8 Å². The summed E-state index contributed by atoms with van der Waals surface area (Å²) in [6.07, 6.45) is 6.43. The first-order valence-corrected chi connectivity index (χ1v) is 9.25. The van der Waals surface area contributed by atoms with Crippen LogP contribution in [0.15, 0.2) is 22.7 Å². The zero-order valence-electron chi connectivity index (χ0n) is 14.7. The fourth-order valence-electron chi connectivity index (χ4n) is 3.46. The van der Waals surface area contributed by atoms with Gasteiger partial charge in [-0.25, -0.2) is 0 Å². The molecule has 0 radical (unpaired) electrons. The van der Waals surface area contributed by atoms with Crippen molar-refractivity contribution in [1.29, 1.82) is 0 Å². The summed E-state index contributed by atoms with van der Waals surface area (Å²) in [6, 6.07) is 5.78. The summed E-state index contributed by atoms with van der Waals surface area (Å²) >= 11 is 0. The smallest absolute Gasteiger partial charge is 0.231 e. The average molecular weight is 357 g/mol. The molecule has 26 heavy (non-hydrogen) atoms. The summed E-state index contributed by atoms with van der Waals surface area (Å²) in [4.78, 5) is 16.5. The third-order valence-electron chi connectivity index (χ3n) is 4.94. The topological polar surface area (TPSA) is 86.5 Å². The van der Waals surface area contributed by atoms with Gasteiger partial charge >= 0.3 is 0 Å². The van der Waals surface area contributed by atoms with E-state index in [0.29, 0.717) is 37.5 Å². The van der Waals surface area contributed by atoms with Gasteiger partial charge in [0.05, 0.1) is 0 Å². The van der Waals surface area contributed by atoms with Crippen LogP contribution >= 0.6 is 0 Å². The lowest BCUT2D eigenvalue weighted by atomic mass is 10.1. The van der Waals surface area contributed by atoms with E-state index in [1.54, 1.807) is 0 Å². The minimum Gasteiger partial charge on any atom is -0.454 e. The molecule has 2 aromatic rings. The number of ether oxygens (including phenoxy) is 2. The van der Waals surface area contributed by atoms with Crippen molar-refractivity contribution < 1.29 is 18.8 Å². The summed E-state index contributed by atoms with van der Waals surface area (Å²) < 4.78 is 16.0. The number of nitrogens with one attached hydrogen (secondary N) is 1. The Kier molecular flexibility index (Phi) is 5.04. The Morgan fingerprint density at radius 1 is 1.15 bits per heavy atom. The second-order valence-electron chi connectivity index (χ2n) is 6.82. The van der Waals surface area contributed by atoms with Gasteiger partial charge in [0.15, 0.2) is 17.3 Å². The van der Waals surface area contributed by atoms with Crippen LogP contribution in [0.4, 0.5) is 0 Å². The third kappa shape index (κ3) is 3.98. The van der Waals surface area contributed by atoms with Crippen LogP contribution in [0, 0.1) is 0 Å². The lowest BCUT2D eigenvalue weighted by Gasteiger charge is -2.05. The van der Waals surface area contributed by atoms with Gasteiger partial charge in [-0.1, -0.05) is 24.1 Å². The minimum atomic E-state index is 0.0159. The van der Waals surface area contributed by atoms with Gasteiger partial charge in [0.25, 0.3) is 0 Å². The highest BCUT2D eigenvalue weighted by Gasteiger charge is 2.22. The number of nitrogens with zero attached hydrogens (tertiary/aromatic N) is 2. The summed E-state index contributed by atoms with van der Waals surface area (Å²) in [5.41, 5.74) is 1.06.